The van der Waals surface area contributed by atoms with E-state index in [0.29, 0.717) is 11.2 Å². The van der Waals surface area contributed by atoms with Gasteiger partial charge in [0.25, 0.3) is 0 Å². The molecule has 21 heavy (non-hydrogen) atoms. The van der Waals surface area contributed by atoms with Crippen LogP contribution in [0.2, 0.25) is 0 Å². The van der Waals surface area contributed by atoms with E-state index in [-0.39, 0.29) is 0 Å². The quantitative estimate of drug-likeness (QED) is 0.557. The zero-order valence-corrected chi connectivity index (χ0v) is 13.6. The van der Waals surface area contributed by atoms with Crippen LogP contribution in [-0.4, -0.2) is 5.78 Å². The molecule has 4 aliphatic rings. The molecule has 0 heterocycles. The lowest BCUT2D eigenvalue weighted by Crippen LogP contribution is -2.42. The Morgan fingerprint density at radius 2 is 1.95 bits per heavy atom. The molecule has 1 heteroatoms. The van der Waals surface area contributed by atoms with Gasteiger partial charge in [-0.15, -0.1) is 0 Å². The third-order valence-electron chi connectivity index (χ3n) is 7.40. The van der Waals surface area contributed by atoms with Crippen molar-refractivity contribution in [1.29, 1.82) is 0 Å². The van der Waals surface area contributed by atoms with Gasteiger partial charge in [-0.05, 0) is 75.0 Å². The lowest BCUT2D eigenvalue weighted by molar-refractivity contribution is -0.119. The van der Waals surface area contributed by atoms with E-state index in [1.165, 1.54) is 38.5 Å². The minimum absolute atomic E-state index is 0.491. The summed E-state index contributed by atoms with van der Waals surface area (Å²) in [7, 11) is 0. The van der Waals surface area contributed by atoms with E-state index in [1.54, 1.807) is 16.7 Å². The van der Waals surface area contributed by atoms with Gasteiger partial charge in [-0.25, -0.2) is 0 Å². The Morgan fingerprint density at radius 3 is 2.76 bits per heavy atom. The minimum Gasteiger partial charge on any atom is -0.299 e. The molecular formula is C20H28O. The van der Waals surface area contributed by atoms with Gasteiger partial charge in [0.2, 0.25) is 0 Å². The Kier molecular flexibility index (Phi) is 3.17. The topological polar surface area (TPSA) is 17.1 Å². The molecule has 0 aliphatic heterocycles. The summed E-state index contributed by atoms with van der Waals surface area (Å²) >= 11 is 0. The smallest absolute Gasteiger partial charge is 0.137 e. The van der Waals surface area contributed by atoms with Crippen LogP contribution < -0.4 is 0 Å². The van der Waals surface area contributed by atoms with Gasteiger partial charge >= 0.3 is 0 Å². The number of hydrogen-bond donors (Lipinski definition) is 0. The normalized spacial score (nSPS) is 44.6. The largest absolute Gasteiger partial charge is 0.299 e. The molecule has 114 valence electrons. The SMILES string of the molecule is CC=C1CC[C@H]2[C@@H]3CCC4=C(CCC(=O)C4)[C@H]3CC[C@]12C. The molecule has 0 saturated heterocycles. The molecule has 0 spiro atoms. The lowest BCUT2D eigenvalue weighted by atomic mass is 9.54. The third kappa shape index (κ3) is 1.92. The summed E-state index contributed by atoms with van der Waals surface area (Å²) in [6, 6.07) is 0. The zero-order valence-electron chi connectivity index (χ0n) is 13.6. The number of rotatable bonds is 0. The van der Waals surface area contributed by atoms with Crippen LogP contribution in [0.1, 0.15) is 71.6 Å². The van der Waals surface area contributed by atoms with Gasteiger partial charge < -0.3 is 0 Å². The van der Waals surface area contributed by atoms with E-state index in [1.807, 2.05) is 0 Å². The predicted molar refractivity (Wildman–Crippen MR) is 85.9 cm³/mol. The van der Waals surface area contributed by atoms with Crippen molar-refractivity contribution in [3.63, 3.8) is 0 Å². The maximum absolute atomic E-state index is 11.8. The molecule has 4 rings (SSSR count). The highest BCUT2D eigenvalue weighted by atomic mass is 16.1. The molecule has 0 unspecified atom stereocenters. The van der Waals surface area contributed by atoms with Gasteiger partial charge in [0.1, 0.15) is 5.78 Å². The second-order valence-electron chi connectivity index (χ2n) is 8.07. The summed E-state index contributed by atoms with van der Waals surface area (Å²) in [5, 5.41) is 0. The van der Waals surface area contributed by atoms with E-state index in [9.17, 15) is 4.79 Å². The van der Waals surface area contributed by atoms with Crippen LogP contribution in [0.15, 0.2) is 22.8 Å². The van der Waals surface area contributed by atoms with Gasteiger partial charge in [-0.1, -0.05) is 29.7 Å². The van der Waals surface area contributed by atoms with Gasteiger partial charge in [0, 0.05) is 12.8 Å². The highest BCUT2D eigenvalue weighted by Gasteiger charge is 2.52. The van der Waals surface area contributed by atoms with Crippen molar-refractivity contribution in [2.75, 3.05) is 0 Å². The predicted octanol–water partition coefficient (Wildman–Crippen LogP) is 5.22. The van der Waals surface area contributed by atoms with E-state index in [0.717, 1.165) is 37.0 Å². The molecule has 2 saturated carbocycles. The number of Topliss-reactive ketones (excluding diaryl/α,β-unsaturated/α-hetero) is 1. The van der Waals surface area contributed by atoms with Crippen molar-refractivity contribution >= 4 is 5.78 Å². The van der Waals surface area contributed by atoms with Crippen molar-refractivity contribution in [3.8, 4) is 0 Å². The summed E-state index contributed by atoms with van der Waals surface area (Å²) in [6.45, 7) is 4.79. The van der Waals surface area contributed by atoms with E-state index in [2.05, 4.69) is 19.9 Å². The first-order chi connectivity index (χ1) is 10.1. The average molecular weight is 284 g/mol. The zero-order chi connectivity index (χ0) is 14.6. The molecule has 4 atom stereocenters. The van der Waals surface area contributed by atoms with E-state index < -0.39 is 0 Å². The Balaban J connectivity index is 1.66. The van der Waals surface area contributed by atoms with E-state index >= 15 is 0 Å². The number of carbonyl (C=O) groups excluding carboxylic acids is 1. The number of ketones is 1. The van der Waals surface area contributed by atoms with Crippen molar-refractivity contribution in [2.45, 2.75) is 71.6 Å². The maximum Gasteiger partial charge on any atom is 0.137 e. The van der Waals surface area contributed by atoms with Gasteiger partial charge in [-0.2, -0.15) is 0 Å². The first kappa shape index (κ1) is 13.8. The number of allylic oxidation sites excluding steroid dienone is 4. The summed E-state index contributed by atoms with van der Waals surface area (Å²) in [6.07, 6.45) is 13.2. The summed E-state index contributed by atoms with van der Waals surface area (Å²) < 4.78 is 0. The molecule has 0 radical (unpaired) electrons. The first-order valence-corrected chi connectivity index (χ1v) is 9.01. The molecule has 0 amide bonds. The molecule has 0 N–H and O–H groups in total. The van der Waals surface area contributed by atoms with Gasteiger partial charge in [0.15, 0.2) is 0 Å². The summed E-state index contributed by atoms with van der Waals surface area (Å²) in [5.74, 6) is 3.14. The minimum atomic E-state index is 0.491. The molecule has 1 nitrogen and oxygen atoms in total. The average Bonchev–Trinajstić information content (AvgIpc) is 2.83. The van der Waals surface area contributed by atoms with Crippen LogP contribution in [0.25, 0.3) is 0 Å². The standard InChI is InChI=1S/C20H28O/c1-3-14-5-9-19-18-7-4-13-12-15(21)6-8-16(13)17(18)10-11-20(14,19)2/h3,17-19H,4-12H2,1-2H3/t17-,18-,19+,20-/m1/s1. The Hall–Kier alpha value is -0.850. The Labute approximate surface area is 128 Å². The second kappa shape index (κ2) is 4.83. The second-order valence-corrected chi connectivity index (χ2v) is 8.07. The fraction of sp³-hybridized carbons (Fsp3) is 0.750. The van der Waals surface area contributed by atoms with Crippen LogP contribution in [0.4, 0.5) is 0 Å². The lowest BCUT2D eigenvalue weighted by Gasteiger charge is -2.51. The highest BCUT2D eigenvalue weighted by molar-refractivity contribution is 5.82. The molecule has 0 bridgehead atoms. The summed E-state index contributed by atoms with van der Waals surface area (Å²) in [5.41, 5.74) is 5.53. The van der Waals surface area contributed by atoms with Crippen molar-refractivity contribution < 1.29 is 4.79 Å². The van der Waals surface area contributed by atoms with E-state index in [4.69, 9.17) is 0 Å². The van der Waals surface area contributed by atoms with Crippen molar-refractivity contribution in [1.82, 2.24) is 0 Å². The van der Waals surface area contributed by atoms with Crippen molar-refractivity contribution in [3.05, 3.63) is 22.8 Å². The van der Waals surface area contributed by atoms with Crippen LogP contribution in [-0.2, 0) is 4.79 Å². The molecular weight excluding hydrogens is 256 g/mol. The number of fused-ring (bicyclic) bond motifs is 4. The fourth-order valence-electron chi connectivity index (χ4n) is 6.37. The molecule has 4 aliphatic carbocycles. The van der Waals surface area contributed by atoms with Crippen LogP contribution >= 0.6 is 0 Å². The monoisotopic (exact) mass is 284 g/mol. The van der Waals surface area contributed by atoms with Crippen LogP contribution in [0.3, 0.4) is 0 Å². The van der Waals surface area contributed by atoms with Crippen molar-refractivity contribution in [2.24, 2.45) is 23.2 Å². The molecule has 0 aromatic carbocycles. The van der Waals surface area contributed by atoms with Gasteiger partial charge in [-0.3, -0.25) is 4.79 Å². The van der Waals surface area contributed by atoms with Gasteiger partial charge in [0.05, 0.1) is 0 Å². The Bertz CT molecular complexity index is 538. The number of hydrogen-bond acceptors (Lipinski definition) is 1. The van der Waals surface area contributed by atoms with Crippen LogP contribution in [0, 0.1) is 23.2 Å². The summed E-state index contributed by atoms with van der Waals surface area (Å²) in [4.78, 5) is 11.8. The van der Waals surface area contributed by atoms with Crippen LogP contribution in [0.5, 0.6) is 0 Å². The third-order valence-corrected chi connectivity index (χ3v) is 7.40. The maximum atomic E-state index is 11.8. The number of carbonyl (C=O) groups is 1. The molecule has 0 aromatic heterocycles. The highest BCUT2D eigenvalue weighted by Crippen LogP contribution is 2.62. The molecule has 2 fully saturated rings. The fourth-order valence-corrected chi connectivity index (χ4v) is 6.37. The Morgan fingerprint density at radius 1 is 1.10 bits per heavy atom. The first-order valence-electron chi connectivity index (χ1n) is 9.01. The molecule has 0 aromatic rings.